The Kier molecular flexibility index (Phi) is 14.6. The third-order valence-corrected chi connectivity index (χ3v) is 4.78. The highest BCUT2D eigenvalue weighted by Crippen LogP contribution is 2.33. The first-order valence-electron chi connectivity index (χ1n) is 12.7. The van der Waals surface area contributed by atoms with Crippen LogP contribution in [0, 0.1) is 6.92 Å². The van der Waals surface area contributed by atoms with Crippen LogP contribution in [0.5, 0.6) is 17.2 Å². The summed E-state index contributed by atoms with van der Waals surface area (Å²) in [5.41, 5.74) is 6.99. The molecule has 0 heterocycles. The van der Waals surface area contributed by atoms with Crippen molar-refractivity contribution in [3.8, 4) is 28.4 Å². The standard InChI is InChI=1S/C27H22O6.2C4H8/c1-18(2)27(30)33-24-10-5-20(6-11-24)4-7-22-14-19(3)25(15-26(22)32-17-29)21-8-12-23(13-9-21)31-16-28;2*1-4(2)3/h4-17H,1H2,2-3H3;2*1H2,2-3H3/b7-4+;;. The van der Waals surface area contributed by atoms with E-state index in [1.54, 1.807) is 37.3 Å². The molecular weight excluding hydrogens is 516 g/mol. The van der Waals surface area contributed by atoms with E-state index in [-0.39, 0.29) is 0 Å². The molecule has 0 saturated carbocycles. The summed E-state index contributed by atoms with van der Waals surface area (Å²) in [5, 5.41) is 0. The summed E-state index contributed by atoms with van der Waals surface area (Å²) in [5.74, 6) is 0.795. The number of rotatable bonds is 9. The lowest BCUT2D eigenvalue weighted by Crippen LogP contribution is -2.07. The van der Waals surface area contributed by atoms with Crippen molar-refractivity contribution < 1.29 is 28.6 Å². The molecule has 0 aromatic heterocycles. The largest absolute Gasteiger partial charge is 0.429 e. The Labute approximate surface area is 243 Å². The van der Waals surface area contributed by atoms with Crippen LogP contribution in [0.2, 0.25) is 0 Å². The van der Waals surface area contributed by atoms with Crippen molar-refractivity contribution in [2.45, 2.75) is 41.5 Å². The van der Waals surface area contributed by atoms with Gasteiger partial charge in [-0.05, 0) is 100 Å². The Morgan fingerprint density at radius 1 is 0.707 bits per heavy atom. The molecular formula is C35H38O6. The monoisotopic (exact) mass is 554 g/mol. The van der Waals surface area contributed by atoms with Gasteiger partial charge in [-0.2, -0.15) is 0 Å². The van der Waals surface area contributed by atoms with Gasteiger partial charge in [0.25, 0.3) is 12.9 Å². The summed E-state index contributed by atoms with van der Waals surface area (Å²) in [6.07, 6.45) is 3.70. The molecule has 6 nitrogen and oxygen atoms in total. The Bertz CT molecular complexity index is 1370. The first-order valence-corrected chi connectivity index (χ1v) is 12.7. The fourth-order valence-corrected chi connectivity index (χ4v) is 3.10. The summed E-state index contributed by atoms with van der Waals surface area (Å²) >= 11 is 0. The summed E-state index contributed by atoms with van der Waals surface area (Å²) < 4.78 is 15.2. The Morgan fingerprint density at radius 3 is 1.71 bits per heavy atom. The van der Waals surface area contributed by atoms with Crippen LogP contribution in [0.3, 0.4) is 0 Å². The van der Waals surface area contributed by atoms with Gasteiger partial charge in [-0.3, -0.25) is 9.59 Å². The van der Waals surface area contributed by atoms with Crippen LogP contribution in [0.25, 0.3) is 23.3 Å². The molecule has 6 heteroatoms. The number of benzene rings is 3. The second-order valence-corrected chi connectivity index (χ2v) is 9.64. The second kappa shape index (κ2) is 17.6. The molecule has 0 amide bonds. The van der Waals surface area contributed by atoms with Gasteiger partial charge in [0.05, 0.1) is 0 Å². The zero-order valence-electron chi connectivity index (χ0n) is 24.7. The van der Waals surface area contributed by atoms with Gasteiger partial charge >= 0.3 is 5.97 Å². The summed E-state index contributed by atoms with van der Waals surface area (Å²) in [6, 6.07) is 17.7. The van der Waals surface area contributed by atoms with Crippen molar-refractivity contribution >= 4 is 31.1 Å². The lowest BCUT2D eigenvalue weighted by molar-refractivity contribution is -0.130. The zero-order chi connectivity index (χ0) is 30.9. The number of esters is 1. The van der Waals surface area contributed by atoms with Crippen LogP contribution in [0.1, 0.15) is 51.3 Å². The van der Waals surface area contributed by atoms with E-state index < -0.39 is 5.97 Å². The van der Waals surface area contributed by atoms with Crippen LogP contribution >= 0.6 is 0 Å². The molecule has 0 saturated heterocycles. The fraction of sp³-hybridized carbons (Fsp3) is 0.171. The molecule has 0 unspecified atom stereocenters. The van der Waals surface area contributed by atoms with Gasteiger partial charge in [0, 0.05) is 11.1 Å². The highest BCUT2D eigenvalue weighted by atomic mass is 16.5. The molecule has 0 spiro atoms. The van der Waals surface area contributed by atoms with Crippen LogP contribution in [0.4, 0.5) is 0 Å². The fourth-order valence-electron chi connectivity index (χ4n) is 3.10. The highest BCUT2D eigenvalue weighted by molar-refractivity contribution is 5.88. The maximum Gasteiger partial charge on any atom is 0.338 e. The van der Waals surface area contributed by atoms with E-state index in [4.69, 9.17) is 14.2 Å². The van der Waals surface area contributed by atoms with Crippen molar-refractivity contribution in [3.63, 3.8) is 0 Å². The van der Waals surface area contributed by atoms with Crippen molar-refractivity contribution in [2.24, 2.45) is 0 Å². The SMILES string of the molecule is C=C(C)C.C=C(C)C.C=C(C)C(=O)Oc1ccc(/C=C/c2cc(C)c(-c3ccc(OC=O)cc3)cc2OC=O)cc1. The summed E-state index contributed by atoms with van der Waals surface area (Å²) in [6.45, 7) is 22.9. The number of carbonyl (C=O) groups is 3. The lowest BCUT2D eigenvalue weighted by Gasteiger charge is -2.12. The predicted octanol–water partition coefficient (Wildman–Crippen LogP) is 8.55. The third kappa shape index (κ3) is 13.1. The summed E-state index contributed by atoms with van der Waals surface area (Å²) in [7, 11) is 0. The van der Waals surface area contributed by atoms with E-state index in [1.807, 2.05) is 77.1 Å². The molecule has 0 fully saturated rings. The van der Waals surface area contributed by atoms with E-state index in [9.17, 15) is 14.4 Å². The van der Waals surface area contributed by atoms with E-state index in [0.717, 1.165) is 27.8 Å². The second-order valence-electron chi connectivity index (χ2n) is 9.64. The Morgan fingerprint density at radius 2 is 1.22 bits per heavy atom. The quantitative estimate of drug-likeness (QED) is 0.0658. The predicted molar refractivity (Wildman–Crippen MR) is 167 cm³/mol. The van der Waals surface area contributed by atoms with E-state index in [0.29, 0.717) is 35.8 Å². The number of ether oxygens (including phenoxy) is 3. The van der Waals surface area contributed by atoms with Crippen LogP contribution in [-0.4, -0.2) is 18.9 Å². The van der Waals surface area contributed by atoms with E-state index in [1.165, 1.54) is 11.1 Å². The van der Waals surface area contributed by atoms with Gasteiger partial charge in [-0.1, -0.05) is 54.1 Å². The smallest absolute Gasteiger partial charge is 0.338 e. The van der Waals surface area contributed by atoms with E-state index >= 15 is 0 Å². The normalized spacial score (nSPS) is 9.71. The van der Waals surface area contributed by atoms with Gasteiger partial charge in [-0.15, -0.1) is 13.2 Å². The van der Waals surface area contributed by atoms with Crippen molar-refractivity contribution in [1.82, 2.24) is 0 Å². The number of hydrogen-bond acceptors (Lipinski definition) is 6. The number of allylic oxidation sites excluding steroid dienone is 2. The third-order valence-electron chi connectivity index (χ3n) is 4.78. The Hall–Kier alpha value is -4.97. The summed E-state index contributed by atoms with van der Waals surface area (Å²) in [4.78, 5) is 33.2. The maximum absolute atomic E-state index is 11.6. The van der Waals surface area contributed by atoms with Crippen molar-refractivity contribution in [1.29, 1.82) is 0 Å². The molecule has 0 N–H and O–H groups in total. The van der Waals surface area contributed by atoms with E-state index in [2.05, 4.69) is 19.7 Å². The molecule has 0 aliphatic rings. The van der Waals surface area contributed by atoms with Crippen LogP contribution < -0.4 is 14.2 Å². The average Bonchev–Trinajstić information content (AvgIpc) is 2.89. The molecule has 3 rings (SSSR count). The van der Waals surface area contributed by atoms with Gasteiger partial charge in [0.15, 0.2) is 0 Å². The first kappa shape index (κ1) is 34.1. The molecule has 0 atom stereocenters. The van der Waals surface area contributed by atoms with Gasteiger partial charge in [-0.25, -0.2) is 4.79 Å². The minimum absolute atomic E-state index is 0.325. The topological polar surface area (TPSA) is 78.9 Å². The highest BCUT2D eigenvalue weighted by Gasteiger charge is 2.10. The molecule has 0 aliphatic heterocycles. The zero-order valence-corrected chi connectivity index (χ0v) is 24.7. The van der Waals surface area contributed by atoms with Gasteiger partial charge in [0.2, 0.25) is 0 Å². The first-order chi connectivity index (χ1) is 19.4. The number of aryl methyl sites for hydroxylation is 1. The molecule has 0 radical (unpaired) electrons. The van der Waals surface area contributed by atoms with Crippen molar-refractivity contribution in [2.75, 3.05) is 0 Å². The van der Waals surface area contributed by atoms with Crippen LogP contribution in [-0.2, 0) is 14.4 Å². The number of carbonyl (C=O) groups excluding carboxylic acids is 3. The minimum atomic E-state index is -0.476. The molecule has 0 aliphatic carbocycles. The van der Waals surface area contributed by atoms with Crippen LogP contribution in [0.15, 0.2) is 97.1 Å². The lowest BCUT2D eigenvalue weighted by atomic mass is 9.97. The average molecular weight is 555 g/mol. The molecule has 3 aromatic carbocycles. The Balaban J connectivity index is 0.000000930. The van der Waals surface area contributed by atoms with Crippen molar-refractivity contribution in [3.05, 3.63) is 114 Å². The molecule has 3 aromatic rings. The molecule has 214 valence electrons. The van der Waals surface area contributed by atoms with Gasteiger partial charge < -0.3 is 14.2 Å². The number of hydrogen-bond donors (Lipinski definition) is 0. The van der Waals surface area contributed by atoms with Gasteiger partial charge in [0.1, 0.15) is 17.2 Å². The molecule has 41 heavy (non-hydrogen) atoms. The molecule has 0 bridgehead atoms. The minimum Gasteiger partial charge on any atom is -0.429 e. The maximum atomic E-state index is 11.6.